The molecule has 0 saturated heterocycles. The first kappa shape index (κ1) is 30.4. The smallest absolute Gasteiger partial charge is 0.342 e. The minimum absolute atomic E-state index is 0.0271. The van der Waals surface area contributed by atoms with Gasteiger partial charge in [-0.3, -0.25) is 0 Å². The molecular formula is C48H37BN2O2. The van der Waals surface area contributed by atoms with Gasteiger partial charge < -0.3 is 18.6 Å². The molecule has 0 amide bonds. The number of hydrogen-bond donors (Lipinski definition) is 0. The molecule has 0 aliphatic carbocycles. The third kappa shape index (κ3) is 4.25. The van der Waals surface area contributed by atoms with Gasteiger partial charge in [-0.2, -0.15) is 0 Å². The van der Waals surface area contributed by atoms with Crippen molar-refractivity contribution in [1.82, 2.24) is 0 Å². The van der Waals surface area contributed by atoms with Gasteiger partial charge in [-0.15, -0.1) is 0 Å². The summed E-state index contributed by atoms with van der Waals surface area (Å²) in [5.41, 5.74) is 14.0. The van der Waals surface area contributed by atoms with Crippen LogP contribution in [0.1, 0.15) is 38.8 Å². The molecule has 4 nitrogen and oxygen atoms in total. The standard InChI is InChI=1S/C48H37BN2O2/c1-5-29-18-23-33(24-19-29)50-38-28-31-13-7-9-15-36(31)43-42(38)49(46-44(50)37-16-10-11-17-39(37)52-46)47-45(51(43)34-25-21-32(22-26-34)48(2,3)4)41-35-14-8-6-12-30(35)20-27-40(41)53-47/h6-28H,5H2,1-4H3. The van der Waals surface area contributed by atoms with Crippen LogP contribution in [0.15, 0.2) is 148 Å². The Morgan fingerprint density at radius 1 is 0.547 bits per heavy atom. The quantitative estimate of drug-likeness (QED) is 0.173. The molecule has 0 N–H and O–H groups in total. The predicted octanol–water partition coefficient (Wildman–Crippen LogP) is 11.4. The minimum Gasteiger partial charge on any atom is -0.468 e. The average Bonchev–Trinajstić information content (AvgIpc) is 3.77. The second-order valence-electron chi connectivity index (χ2n) is 15.6. The number of furan rings is 2. The number of nitrogens with zero attached hydrogens (tertiary/aromatic N) is 2. The van der Waals surface area contributed by atoms with Gasteiger partial charge in [0.05, 0.1) is 22.4 Å². The number of fused-ring (bicyclic) bond motifs is 12. The van der Waals surface area contributed by atoms with Crippen LogP contribution in [0, 0.1) is 0 Å². The van der Waals surface area contributed by atoms with E-state index in [2.05, 4.69) is 177 Å². The van der Waals surface area contributed by atoms with Crippen LogP contribution in [0.4, 0.5) is 34.1 Å². The Morgan fingerprint density at radius 2 is 1.17 bits per heavy atom. The zero-order valence-corrected chi connectivity index (χ0v) is 30.3. The molecule has 0 fully saturated rings. The van der Waals surface area contributed by atoms with Crippen LogP contribution in [-0.4, -0.2) is 6.71 Å². The highest BCUT2D eigenvalue weighted by Crippen LogP contribution is 2.51. The van der Waals surface area contributed by atoms with Crippen molar-refractivity contribution in [2.75, 3.05) is 9.80 Å². The summed E-state index contributed by atoms with van der Waals surface area (Å²) in [7, 11) is 0. The molecule has 0 atom stereocenters. The van der Waals surface area contributed by atoms with Crippen molar-refractivity contribution in [3.8, 4) is 0 Å². The lowest BCUT2D eigenvalue weighted by atomic mass is 9.37. The van der Waals surface area contributed by atoms with Crippen molar-refractivity contribution in [3.05, 3.63) is 151 Å². The molecule has 0 unspecified atom stereocenters. The molecule has 11 rings (SSSR count). The van der Waals surface area contributed by atoms with Gasteiger partial charge >= 0.3 is 6.71 Å². The van der Waals surface area contributed by atoms with E-state index < -0.39 is 0 Å². The first-order chi connectivity index (χ1) is 25.9. The summed E-state index contributed by atoms with van der Waals surface area (Å²) in [5, 5.41) is 6.94. The van der Waals surface area contributed by atoms with Crippen LogP contribution in [0.25, 0.3) is 43.5 Å². The Labute approximate surface area is 308 Å². The SMILES string of the molecule is CCc1ccc(N2c3cc4ccccc4c4c3B(c3oc5ccccc5c32)c2oc3ccc5ccccc5c3c2N4c2ccc(C(C)(C)C)cc2)cc1. The molecule has 4 heterocycles. The molecule has 7 aromatic carbocycles. The number of anilines is 6. The van der Waals surface area contributed by atoms with Gasteiger partial charge in [0.1, 0.15) is 22.5 Å². The zero-order chi connectivity index (χ0) is 35.6. The second-order valence-corrected chi connectivity index (χ2v) is 15.6. The maximum absolute atomic E-state index is 7.19. The molecule has 2 aliphatic heterocycles. The lowest BCUT2D eigenvalue weighted by Gasteiger charge is -2.41. The van der Waals surface area contributed by atoms with Gasteiger partial charge in [0.15, 0.2) is 0 Å². The molecule has 0 bridgehead atoms. The zero-order valence-electron chi connectivity index (χ0n) is 30.3. The Bertz CT molecular complexity index is 2930. The first-order valence-corrected chi connectivity index (χ1v) is 18.7. The monoisotopic (exact) mass is 684 g/mol. The van der Waals surface area contributed by atoms with Gasteiger partial charge in [0.25, 0.3) is 0 Å². The molecule has 0 spiro atoms. The van der Waals surface area contributed by atoms with Gasteiger partial charge in [-0.05, 0) is 93.1 Å². The first-order valence-electron chi connectivity index (χ1n) is 18.7. The van der Waals surface area contributed by atoms with Crippen molar-refractivity contribution in [2.24, 2.45) is 0 Å². The fourth-order valence-electron chi connectivity index (χ4n) is 8.94. The van der Waals surface area contributed by atoms with E-state index in [1.165, 1.54) is 38.1 Å². The van der Waals surface area contributed by atoms with Crippen molar-refractivity contribution in [2.45, 2.75) is 39.5 Å². The molecule has 53 heavy (non-hydrogen) atoms. The third-order valence-corrected chi connectivity index (χ3v) is 11.5. The third-order valence-electron chi connectivity index (χ3n) is 11.5. The van der Waals surface area contributed by atoms with Crippen LogP contribution in [-0.2, 0) is 11.8 Å². The molecular weight excluding hydrogens is 647 g/mol. The van der Waals surface area contributed by atoms with Gasteiger partial charge in [0, 0.05) is 27.8 Å². The Morgan fingerprint density at radius 3 is 1.92 bits per heavy atom. The van der Waals surface area contributed by atoms with E-state index in [0.717, 1.165) is 73.8 Å². The number of benzene rings is 7. The van der Waals surface area contributed by atoms with Crippen LogP contribution in [0.3, 0.4) is 0 Å². The maximum atomic E-state index is 7.19. The molecule has 254 valence electrons. The molecule has 9 aromatic rings. The fourth-order valence-corrected chi connectivity index (χ4v) is 8.94. The molecule has 2 aliphatic rings. The van der Waals surface area contributed by atoms with Crippen molar-refractivity contribution >= 4 is 101 Å². The number of rotatable bonds is 3. The number of para-hydroxylation sites is 1. The van der Waals surface area contributed by atoms with Gasteiger partial charge in [-0.1, -0.05) is 119 Å². The molecule has 0 saturated carbocycles. The Hall–Kier alpha value is -6.20. The number of aryl methyl sites for hydroxylation is 1. The average molecular weight is 685 g/mol. The van der Waals surface area contributed by atoms with Gasteiger partial charge in [-0.25, -0.2) is 0 Å². The summed E-state index contributed by atoms with van der Waals surface area (Å²) in [4.78, 5) is 4.93. The summed E-state index contributed by atoms with van der Waals surface area (Å²) in [6.07, 6.45) is 0.986. The van der Waals surface area contributed by atoms with Crippen molar-refractivity contribution in [1.29, 1.82) is 0 Å². The van der Waals surface area contributed by atoms with Crippen LogP contribution in [0.5, 0.6) is 0 Å². The van der Waals surface area contributed by atoms with E-state index >= 15 is 0 Å². The molecule has 0 radical (unpaired) electrons. The predicted molar refractivity (Wildman–Crippen MR) is 223 cm³/mol. The second kappa shape index (κ2) is 10.9. The Kier molecular flexibility index (Phi) is 6.26. The van der Waals surface area contributed by atoms with E-state index in [-0.39, 0.29) is 12.1 Å². The maximum Gasteiger partial charge on any atom is 0.342 e. The van der Waals surface area contributed by atoms with Crippen molar-refractivity contribution in [3.63, 3.8) is 0 Å². The Balaban J connectivity index is 1.32. The number of hydrogen-bond acceptors (Lipinski definition) is 4. The highest BCUT2D eigenvalue weighted by Gasteiger charge is 2.50. The largest absolute Gasteiger partial charge is 0.468 e. The summed E-state index contributed by atoms with van der Waals surface area (Å²) < 4.78 is 14.3. The van der Waals surface area contributed by atoms with E-state index in [1.807, 2.05) is 0 Å². The fraction of sp³-hybridized carbons (Fsp3) is 0.125. The lowest BCUT2D eigenvalue weighted by Crippen LogP contribution is -2.60. The summed E-state index contributed by atoms with van der Waals surface area (Å²) in [6.45, 7) is 8.75. The normalized spacial score (nSPS) is 13.6. The summed E-state index contributed by atoms with van der Waals surface area (Å²) in [5.74, 6) is 0. The minimum atomic E-state index is -0.274. The molecule has 2 aromatic heterocycles. The van der Waals surface area contributed by atoms with E-state index in [0.29, 0.717) is 0 Å². The summed E-state index contributed by atoms with van der Waals surface area (Å²) >= 11 is 0. The summed E-state index contributed by atoms with van der Waals surface area (Å²) in [6, 6.07) is 50.9. The van der Waals surface area contributed by atoms with Crippen LogP contribution < -0.4 is 26.6 Å². The van der Waals surface area contributed by atoms with E-state index in [9.17, 15) is 0 Å². The van der Waals surface area contributed by atoms with E-state index in [4.69, 9.17) is 8.83 Å². The van der Waals surface area contributed by atoms with Crippen LogP contribution in [0.2, 0.25) is 0 Å². The van der Waals surface area contributed by atoms with Crippen LogP contribution >= 0.6 is 0 Å². The lowest BCUT2D eigenvalue weighted by molar-refractivity contribution is 0.590. The topological polar surface area (TPSA) is 32.8 Å². The highest BCUT2D eigenvalue weighted by atomic mass is 16.3. The van der Waals surface area contributed by atoms with Crippen molar-refractivity contribution < 1.29 is 8.83 Å². The van der Waals surface area contributed by atoms with E-state index in [1.54, 1.807) is 0 Å². The highest BCUT2D eigenvalue weighted by molar-refractivity contribution is 6.99. The van der Waals surface area contributed by atoms with Gasteiger partial charge in [0.2, 0.25) is 0 Å². The molecule has 5 heteroatoms.